The highest BCUT2D eigenvalue weighted by atomic mass is 35.5. The van der Waals surface area contributed by atoms with E-state index in [1.165, 1.54) is 17.4 Å². The summed E-state index contributed by atoms with van der Waals surface area (Å²) in [5.74, 6) is -0.212. The molecule has 0 spiro atoms. The van der Waals surface area contributed by atoms with Gasteiger partial charge in [0.05, 0.1) is 11.4 Å². The van der Waals surface area contributed by atoms with Crippen molar-refractivity contribution in [3.05, 3.63) is 45.9 Å². The van der Waals surface area contributed by atoms with Gasteiger partial charge in [0, 0.05) is 28.2 Å². The molecule has 3 aromatic rings. The average Bonchev–Trinajstić information content (AvgIpc) is 2.89. The van der Waals surface area contributed by atoms with Gasteiger partial charge in [-0.1, -0.05) is 11.6 Å². The van der Waals surface area contributed by atoms with E-state index in [1.807, 2.05) is 0 Å². The van der Waals surface area contributed by atoms with Crippen molar-refractivity contribution < 1.29 is 18.1 Å². The number of halogens is 1. The second-order valence-corrected chi connectivity index (χ2v) is 7.91. The number of benzene rings is 2. The van der Waals surface area contributed by atoms with Gasteiger partial charge >= 0.3 is 0 Å². The standard InChI is InChI=1S/C14H11ClN2O4S2/c15-14-17-7-10(22-14)6-16-9-1-2-12-8(3-9)4-11(5-13(12)18)23(19,20)21/h1-5,7,16,18H,6H2,(H,19,20,21). The average molecular weight is 371 g/mol. The van der Waals surface area contributed by atoms with Gasteiger partial charge < -0.3 is 10.4 Å². The molecule has 120 valence electrons. The van der Waals surface area contributed by atoms with Crippen molar-refractivity contribution >= 4 is 49.5 Å². The van der Waals surface area contributed by atoms with Crippen LogP contribution in [0.5, 0.6) is 5.75 Å². The summed E-state index contributed by atoms with van der Waals surface area (Å²) in [5.41, 5.74) is 0.730. The van der Waals surface area contributed by atoms with Gasteiger partial charge in [-0.15, -0.1) is 11.3 Å². The number of phenolic OH excluding ortho intramolecular Hbond substituents is 1. The van der Waals surface area contributed by atoms with Crippen LogP contribution in [0.2, 0.25) is 4.47 Å². The van der Waals surface area contributed by atoms with Gasteiger partial charge in [-0.3, -0.25) is 4.55 Å². The lowest BCUT2D eigenvalue weighted by Gasteiger charge is -2.08. The Kier molecular flexibility index (Phi) is 4.15. The highest BCUT2D eigenvalue weighted by molar-refractivity contribution is 7.85. The molecule has 0 fully saturated rings. The molecule has 0 saturated heterocycles. The van der Waals surface area contributed by atoms with Crippen LogP contribution in [0.3, 0.4) is 0 Å². The van der Waals surface area contributed by atoms with Gasteiger partial charge in [0.25, 0.3) is 10.1 Å². The Morgan fingerprint density at radius 1 is 1.26 bits per heavy atom. The lowest BCUT2D eigenvalue weighted by atomic mass is 10.1. The molecule has 2 aromatic carbocycles. The normalized spacial score (nSPS) is 11.7. The van der Waals surface area contributed by atoms with E-state index in [1.54, 1.807) is 24.4 Å². The third-order valence-corrected chi connectivity index (χ3v) is 5.14. The molecular formula is C14H11ClN2O4S2. The van der Waals surface area contributed by atoms with Gasteiger partial charge in [-0.25, -0.2) is 4.98 Å². The van der Waals surface area contributed by atoms with Crippen LogP contribution in [-0.2, 0) is 16.7 Å². The topological polar surface area (TPSA) is 99.5 Å². The number of fused-ring (bicyclic) bond motifs is 1. The number of nitrogens with one attached hydrogen (secondary N) is 1. The highest BCUT2D eigenvalue weighted by Gasteiger charge is 2.13. The maximum Gasteiger partial charge on any atom is 0.294 e. The molecule has 0 saturated carbocycles. The van der Waals surface area contributed by atoms with Gasteiger partial charge in [0.15, 0.2) is 4.47 Å². The van der Waals surface area contributed by atoms with Crippen molar-refractivity contribution in [1.82, 2.24) is 4.98 Å². The predicted octanol–water partition coefficient (Wildman–Crippen LogP) is 3.51. The second-order valence-electron chi connectivity index (χ2n) is 4.79. The molecule has 0 aliphatic heterocycles. The van der Waals surface area contributed by atoms with Crippen LogP contribution in [0.4, 0.5) is 5.69 Å². The molecule has 1 aromatic heterocycles. The third-order valence-electron chi connectivity index (χ3n) is 3.19. The third kappa shape index (κ3) is 3.56. The molecular weight excluding hydrogens is 360 g/mol. The first kappa shape index (κ1) is 16.0. The van der Waals surface area contributed by atoms with E-state index in [9.17, 15) is 13.5 Å². The number of thiazole rings is 1. The minimum Gasteiger partial charge on any atom is -0.507 e. The quantitative estimate of drug-likeness (QED) is 0.608. The summed E-state index contributed by atoms with van der Waals surface area (Å²) in [6.45, 7) is 0.514. The van der Waals surface area contributed by atoms with Gasteiger partial charge in [0.2, 0.25) is 0 Å². The first-order valence-electron chi connectivity index (χ1n) is 6.41. The predicted molar refractivity (Wildman–Crippen MR) is 89.9 cm³/mol. The van der Waals surface area contributed by atoms with E-state index < -0.39 is 10.1 Å². The van der Waals surface area contributed by atoms with Crippen molar-refractivity contribution in [3.63, 3.8) is 0 Å². The molecule has 23 heavy (non-hydrogen) atoms. The Hall–Kier alpha value is -1.87. The minimum atomic E-state index is -4.38. The molecule has 3 rings (SSSR count). The molecule has 9 heteroatoms. The lowest BCUT2D eigenvalue weighted by molar-refractivity contribution is 0.471. The number of aromatic nitrogens is 1. The summed E-state index contributed by atoms with van der Waals surface area (Å²) in [6.07, 6.45) is 1.67. The molecule has 0 bridgehead atoms. The van der Waals surface area contributed by atoms with Crippen molar-refractivity contribution in [1.29, 1.82) is 0 Å². The summed E-state index contributed by atoms with van der Waals surface area (Å²) in [6, 6.07) is 7.44. The zero-order valence-electron chi connectivity index (χ0n) is 11.5. The number of rotatable bonds is 4. The van der Waals surface area contributed by atoms with Crippen LogP contribution in [-0.4, -0.2) is 23.1 Å². The van der Waals surface area contributed by atoms with Crippen molar-refractivity contribution in [2.45, 2.75) is 11.4 Å². The molecule has 0 amide bonds. The molecule has 0 radical (unpaired) electrons. The van der Waals surface area contributed by atoms with Crippen LogP contribution in [0.15, 0.2) is 41.4 Å². The van der Waals surface area contributed by atoms with Crippen LogP contribution in [0, 0.1) is 0 Å². The van der Waals surface area contributed by atoms with Gasteiger partial charge in [0.1, 0.15) is 5.75 Å². The van der Waals surface area contributed by atoms with E-state index in [0.717, 1.165) is 16.6 Å². The summed E-state index contributed by atoms with van der Waals surface area (Å²) in [4.78, 5) is 4.54. The summed E-state index contributed by atoms with van der Waals surface area (Å²) < 4.78 is 32.1. The largest absolute Gasteiger partial charge is 0.507 e. The van der Waals surface area contributed by atoms with Crippen molar-refractivity contribution in [2.24, 2.45) is 0 Å². The van der Waals surface area contributed by atoms with Crippen molar-refractivity contribution in [2.75, 3.05) is 5.32 Å². The Labute approximate surface area is 141 Å². The Morgan fingerprint density at radius 2 is 2.04 bits per heavy atom. The summed E-state index contributed by atoms with van der Waals surface area (Å²) in [5, 5.41) is 14.0. The fourth-order valence-electron chi connectivity index (χ4n) is 2.14. The fraction of sp³-hybridized carbons (Fsp3) is 0.0714. The van der Waals surface area contributed by atoms with Crippen LogP contribution >= 0.6 is 22.9 Å². The smallest absolute Gasteiger partial charge is 0.294 e. The maximum absolute atomic E-state index is 11.2. The number of nitrogens with zero attached hydrogens (tertiary/aromatic N) is 1. The second kappa shape index (κ2) is 5.97. The van der Waals surface area contributed by atoms with Crippen molar-refractivity contribution in [3.8, 4) is 5.75 Å². The first-order chi connectivity index (χ1) is 10.8. The van der Waals surface area contributed by atoms with Crippen LogP contribution < -0.4 is 5.32 Å². The van der Waals surface area contributed by atoms with Crippen LogP contribution in [0.25, 0.3) is 10.8 Å². The Bertz CT molecular complexity index is 986. The number of anilines is 1. The van der Waals surface area contributed by atoms with E-state index in [2.05, 4.69) is 10.3 Å². The van der Waals surface area contributed by atoms with Gasteiger partial charge in [-0.2, -0.15) is 8.42 Å². The fourth-order valence-corrected chi connectivity index (χ4v) is 3.59. The lowest BCUT2D eigenvalue weighted by Crippen LogP contribution is -1.99. The van der Waals surface area contributed by atoms with E-state index >= 15 is 0 Å². The van der Waals surface area contributed by atoms with Crippen LogP contribution in [0.1, 0.15) is 4.88 Å². The molecule has 6 nitrogen and oxygen atoms in total. The Balaban J connectivity index is 1.94. The van der Waals surface area contributed by atoms with E-state index in [0.29, 0.717) is 21.8 Å². The summed E-state index contributed by atoms with van der Waals surface area (Å²) >= 11 is 7.13. The number of aromatic hydroxyl groups is 1. The number of hydrogen-bond donors (Lipinski definition) is 3. The minimum absolute atomic E-state index is 0.212. The number of phenols is 1. The molecule has 1 heterocycles. The van der Waals surface area contributed by atoms with E-state index in [-0.39, 0.29) is 10.6 Å². The maximum atomic E-state index is 11.2. The number of hydrogen-bond acceptors (Lipinski definition) is 6. The molecule has 0 aliphatic rings. The molecule has 0 unspecified atom stereocenters. The molecule has 3 N–H and O–H groups in total. The monoisotopic (exact) mass is 370 g/mol. The SMILES string of the molecule is O=S(=O)(O)c1cc(O)c2ccc(NCc3cnc(Cl)s3)cc2c1. The molecule has 0 atom stereocenters. The van der Waals surface area contributed by atoms with E-state index in [4.69, 9.17) is 16.2 Å². The Morgan fingerprint density at radius 3 is 2.70 bits per heavy atom. The highest BCUT2D eigenvalue weighted by Crippen LogP contribution is 2.31. The zero-order valence-corrected chi connectivity index (χ0v) is 13.9. The summed E-state index contributed by atoms with van der Waals surface area (Å²) in [7, 11) is -4.38. The van der Waals surface area contributed by atoms with Gasteiger partial charge in [-0.05, 0) is 29.7 Å². The zero-order chi connectivity index (χ0) is 16.6. The first-order valence-corrected chi connectivity index (χ1v) is 9.05. The molecule has 0 aliphatic carbocycles.